The number of aromatic nitrogens is 1. The Bertz CT molecular complexity index is 1140. The first-order valence-electron chi connectivity index (χ1n) is 10.5. The summed E-state index contributed by atoms with van der Waals surface area (Å²) in [6, 6.07) is 13.7. The molecule has 2 aromatic carbocycles. The molecule has 1 aliphatic rings. The molecule has 5 nitrogen and oxygen atoms in total. The van der Waals surface area contributed by atoms with E-state index in [1.807, 2.05) is 30.3 Å². The average molecular weight is 434 g/mol. The van der Waals surface area contributed by atoms with Crippen LogP contribution in [0.4, 0.5) is 10.8 Å². The lowest BCUT2D eigenvalue weighted by molar-refractivity contribution is 0.102. The van der Waals surface area contributed by atoms with E-state index in [1.54, 1.807) is 6.92 Å². The van der Waals surface area contributed by atoms with Gasteiger partial charge in [-0.15, -0.1) is 0 Å². The van der Waals surface area contributed by atoms with Crippen LogP contribution < -0.4 is 10.6 Å². The third kappa shape index (κ3) is 4.69. The fourth-order valence-corrected chi connectivity index (χ4v) is 4.65. The summed E-state index contributed by atoms with van der Waals surface area (Å²) >= 11 is 1.19. The number of amides is 2. The second-order valence-corrected chi connectivity index (χ2v) is 10.0. The lowest BCUT2D eigenvalue weighted by atomic mass is 9.87. The van der Waals surface area contributed by atoms with Crippen molar-refractivity contribution in [2.75, 3.05) is 10.6 Å². The Hall–Kier alpha value is -2.99. The number of rotatable bonds is 4. The van der Waals surface area contributed by atoms with Crippen molar-refractivity contribution in [2.24, 2.45) is 0 Å². The molecule has 6 heteroatoms. The third-order valence-electron chi connectivity index (χ3n) is 5.59. The maximum atomic E-state index is 12.8. The topological polar surface area (TPSA) is 71.1 Å². The van der Waals surface area contributed by atoms with Crippen molar-refractivity contribution >= 4 is 34.0 Å². The third-order valence-corrected chi connectivity index (χ3v) is 6.66. The summed E-state index contributed by atoms with van der Waals surface area (Å²) in [5, 5.41) is 6.20. The van der Waals surface area contributed by atoms with Crippen molar-refractivity contribution in [2.45, 2.75) is 52.4 Å². The van der Waals surface area contributed by atoms with E-state index in [0.29, 0.717) is 21.3 Å². The minimum absolute atomic E-state index is 0.0303. The Balaban J connectivity index is 1.44. The number of benzene rings is 2. The van der Waals surface area contributed by atoms with Gasteiger partial charge >= 0.3 is 0 Å². The van der Waals surface area contributed by atoms with Gasteiger partial charge in [-0.2, -0.15) is 0 Å². The van der Waals surface area contributed by atoms with Gasteiger partial charge in [-0.3, -0.25) is 14.9 Å². The predicted molar refractivity (Wildman–Crippen MR) is 126 cm³/mol. The van der Waals surface area contributed by atoms with Gasteiger partial charge in [-0.05, 0) is 72.6 Å². The van der Waals surface area contributed by atoms with E-state index in [2.05, 4.69) is 48.5 Å². The summed E-state index contributed by atoms with van der Waals surface area (Å²) in [5.74, 6) is -0.442. The number of fused-ring (bicyclic) bond motifs is 1. The van der Waals surface area contributed by atoms with Crippen molar-refractivity contribution in [3.63, 3.8) is 0 Å². The summed E-state index contributed by atoms with van der Waals surface area (Å²) in [4.78, 5) is 30.3. The van der Waals surface area contributed by atoms with Crippen molar-refractivity contribution in [3.05, 3.63) is 75.3 Å². The first kappa shape index (κ1) is 21.2. The SMILES string of the molecule is Cc1nc(NC(=O)c2ccc(C(C)(C)C)cc2)sc1C(=O)Nc1ccc2c(c1)CCC2. The fraction of sp³-hybridized carbons (Fsp3) is 0.320. The van der Waals surface area contributed by atoms with E-state index >= 15 is 0 Å². The number of hydrogen-bond acceptors (Lipinski definition) is 4. The summed E-state index contributed by atoms with van der Waals surface area (Å²) in [7, 11) is 0. The molecule has 1 heterocycles. The van der Waals surface area contributed by atoms with E-state index in [0.717, 1.165) is 18.5 Å². The number of anilines is 2. The zero-order valence-electron chi connectivity index (χ0n) is 18.3. The van der Waals surface area contributed by atoms with E-state index in [9.17, 15) is 9.59 Å². The van der Waals surface area contributed by atoms with E-state index in [4.69, 9.17) is 0 Å². The molecule has 0 bridgehead atoms. The molecule has 0 saturated carbocycles. The van der Waals surface area contributed by atoms with Crippen LogP contribution in [0.5, 0.6) is 0 Å². The molecule has 0 atom stereocenters. The number of nitrogens with zero attached hydrogens (tertiary/aromatic N) is 1. The van der Waals surface area contributed by atoms with Crippen molar-refractivity contribution in [1.82, 2.24) is 4.98 Å². The smallest absolute Gasteiger partial charge is 0.267 e. The quantitative estimate of drug-likeness (QED) is 0.551. The lowest BCUT2D eigenvalue weighted by Gasteiger charge is -2.18. The zero-order valence-corrected chi connectivity index (χ0v) is 19.2. The molecule has 1 aromatic heterocycles. The van der Waals surface area contributed by atoms with Gasteiger partial charge in [0.05, 0.1) is 5.69 Å². The van der Waals surface area contributed by atoms with Crippen molar-refractivity contribution < 1.29 is 9.59 Å². The van der Waals surface area contributed by atoms with Gasteiger partial charge in [0.1, 0.15) is 4.88 Å². The highest BCUT2D eigenvalue weighted by molar-refractivity contribution is 7.17. The lowest BCUT2D eigenvalue weighted by Crippen LogP contribution is -2.14. The Kier molecular flexibility index (Phi) is 5.67. The number of nitrogens with one attached hydrogen (secondary N) is 2. The van der Waals surface area contributed by atoms with Gasteiger partial charge in [-0.1, -0.05) is 50.3 Å². The van der Waals surface area contributed by atoms with Crippen LogP contribution in [0.2, 0.25) is 0 Å². The monoisotopic (exact) mass is 433 g/mol. The molecule has 31 heavy (non-hydrogen) atoms. The molecule has 2 N–H and O–H groups in total. The van der Waals surface area contributed by atoms with E-state index < -0.39 is 0 Å². The summed E-state index contributed by atoms with van der Waals surface area (Å²) in [5.41, 5.74) is 5.83. The Morgan fingerprint density at radius 1 is 0.935 bits per heavy atom. The minimum atomic E-state index is -0.236. The molecule has 0 spiro atoms. The first-order valence-corrected chi connectivity index (χ1v) is 11.3. The first-order chi connectivity index (χ1) is 14.7. The normalized spacial score (nSPS) is 13.0. The highest BCUT2D eigenvalue weighted by Gasteiger charge is 2.19. The highest BCUT2D eigenvalue weighted by Crippen LogP contribution is 2.28. The van der Waals surface area contributed by atoms with Gasteiger partial charge < -0.3 is 5.32 Å². The van der Waals surface area contributed by atoms with Crippen LogP contribution in [0.3, 0.4) is 0 Å². The number of carbonyl (C=O) groups excluding carboxylic acids is 2. The van der Waals surface area contributed by atoms with Crippen molar-refractivity contribution in [1.29, 1.82) is 0 Å². The molecule has 2 amide bonds. The van der Waals surface area contributed by atoms with Crippen LogP contribution in [0, 0.1) is 6.92 Å². The van der Waals surface area contributed by atoms with Gasteiger partial charge in [0.15, 0.2) is 5.13 Å². The molecule has 0 fully saturated rings. The number of thiazole rings is 1. The Labute approximate surface area is 186 Å². The molecule has 0 saturated heterocycles. The van der Waals surface area contributed by atoms with Crippen LogP contribution in [0.1, 0.15) is 69.6 Å². The van der Waals surface area contributed by atoms with Gasteiger partial charge in [-0.25, -0.2) is 4.98 Å². The van der Waals surface area contributed by atoms with Crippen molar-refractivity contribution in [3.8, 4) is 0 Å². The van der Waals surface area contributed by atoms with Gasteiger partial charge in [0.2, 0.25) is 0 Å². The number of carbonyl (C=O) groups is 2. The molecule has 3 aromatic rings. The van der Waals surface area contributed by atoms with Crippen LogP contribution in [0.15, 0.2) is 42.5 Å². The minimum Gasteiger partial charge on any atom is -0.321 e. The summed E-state index contributed by atoms with van der Waals surface area (Å²) < 4.78 is 0. The molecule has 0 radical (unpaired) electrons. The second kappa shape index (κ2) is 8.27. The van der Waals surface area contributed by atoms with Gasteiger partial charge in [0, 0.05) is 11.3 Å². The largest absolute Gasteiger partial charge is 0.321 e. The second-order valence-electron chi connectivity index (χ2n) is 9.01. The molecule has 0 aliphatic heterocycles. The number of aryl methyl sites for hydroxylation is 3. The zero-order chi connectivity index (χ0) is 22.2. The number of hydrogen-bond donors (Lipinski definition) is 2. The maximum Gasteiger partial charge on any atom is 0.267 e. The molecular formula is C25H27N3O2S. The molecular weight excluding hydrogens is 406 g/mol. The summed E-state index contributed by atoms with van der Waals surface area (Å²) in [6.45, 7) is 8.18. The predicted octanol–water partition coefficient (Wildman–Crippen LogP) is 5.74. The van der Waals surface area contributed by atoms with Crippen LogP contribution in [-0.4, -0.2) is 16.8 Å². The molecule has 0 unspecified atom stereocenters. The van der Waals surface area contributed by atoms with E-state index in [1.165, 1.54) is 34.4 Å². The average Bonchev–Trinajstić information content (AvgIpc) is 3.33. The molecule has 160 valence electrons. The van der Waals surface area contributed by atoms with Crippen LogP contribution >= 0.6 is 11.3 Å². The standard InChI is InChI=1S/C25H27N3O2S/c1-15-21(23(30)27-20-13-10-16-6-5-7-18(16)14-20)31-24(26-15)28-22(29)17-8-11-19(12-9-17)25(2,3)4/h8-14H,5-7H2,1-4H3,(H,27,30)(H,26,28,29). The molecule has 1 aliphatic carbocycles. The fourth-order valence-electron chi connectivity index (χ4n) is 3.79. The summed E-state index contributed by atoms with van der Waals surface area (Å²) in [6.07, 6.45) is 3.34. The Morgan fingerprint density at radius 3 is 2.35 bits per heavy atom. The molecule has 4 rings (SSSR count). The van der Waals surface area contributed by atoms with Crippen LogP contribution in [0.25, 0.3) is 0 Å². The Morgan fingerprint density at radius 2 is 1.65 bits per heavy atom. The highest BCUT2D eigenvalue weighted by atomic mass is 32.1. The van der Waals surface area contributed by atoms with E-state index in [-0.39, 0.29) is 17.2 Å². The van der Waals surface area contributed by atoms with Gasteiger partial charge in [0.25, 0.3) is 11.8 Å². The maximum absolute atomic E-state index is 12.8. The van der Waals surface area contributed by atoms with Crippen LogP contribution in [-0.2, 0) is 18.3 Å².